The molecule has 1 saturated heterocycles. The fourth-order valence-electron chi connectivity index (χ4n) is 3.32. The zero-order valence-electron chi connectivity index (χ0n) is 14.6. The van der Waals surface area contributed by atoms with Crippen LogP contribution < -0.4 is 5.32 Å². The highest BCUT2D eigenvalue weighted by atomic mass is 32.1. The summed E-state index contributed by atoms with van der Waals surface area (Å²) < 4.78 is 13.7. The van der Waals surface area contributed by atoms with Gasteiger partial charge >= 0.3 is 0 Å². The molecular formula is C20H25FN2OS. The van der Waals surface area contributed by atoms with Gasteiger partial charge in [-0.2, -0.15) is 0 Å². The van der Waals surface area contributed by atoms with Gasteiger partial charge in [0.15, 0.2) is 0 Å². The second-order valence-electron chi connectivity index (χ2n) is 6.82. The Bertz CT molecular complexity index is 681. The Kier molecular flexibility index (Phi) is 6.21. The maximum absolute atomic E-state index is 13.7. The number of carbonyl (C=O) groups is 1. The molecule has 1 unspecified atom stereocenters. The van der Waals surface area contributed by atoms with E-state index in [2.05, 4.69) is 34.7 Å². The summed E-state index contributed by atoms with van der Waals surface area (Å²) in [7, 11) is 0. The van der Waals surface area contributed by atoms with Gasteiger partial charge in [0.1, 0.15) is 5.82 Å². The van der Waals surface area contributed by atoms with Gasteiger partial charge in [0, 0.05) is 11.4 Å². The third kappa shape index (κ3) is 4.89. The summed E-state index contributed by atoms with van der Waals surface area (Å²) in [6.07, 6.45) is 2.48. The Morgan fingerprint density at radius 3 is 2.72 bits per heavy atom. The summed E-state index contributed by atoms with van der Waals surface area (Å²) in [5.74, 6) is 0.324. The lowest BCUT2D eigenvalue weighted by Crippen LogP contribution is -2.42. The number of benzene rings is 1. The van der Waals surface area contributed by atoms with E-state index in [9.17, 15) is 9.18 Å². The second kappa shape index (κ2) is 8.59. The number of hydrogen-bond donors (Lipinski definition) is 1. The van der Waals surface area contributed by atoms with Crippen molar-refractivity contribution in [3.05, 3.63) is 58.0 Å². The molecule has 0 bridgehead atoms. The van der Waals surface area contributed by atoms with Crippen molar-refractivity contribution < 1.29 is 9.18 Å². The highest BCUT2D eigenvalue weighted by Crippen LogP contribution is 2.29. The van der Waals surface area contributed by atoms with E-state index in [1.54, 1.807) is 29.5 Å². The molecular weight excluding hydrogens is 335 g/mol. The van der Waals surface area contributed by atoms with Crippen LogP contribution in [0.5, 0.6) is 0 Å². The van der Waals surface area contributed by atoms with Crippen molar-refractivity contribution in [2.75, 3.05) is 19.6 Å². The van der Waals surface area contributed by atoms with Gasteiger partial charge < -0.3 is 5.32 Å². The van der Waals surface area contributed by atoms with Crippen LogP contribution in [0.1, 0.15) is 36.2 Å². The molecule has 1 aliphatic rings. The number of carbonyl (C=O) groups excluding carboxylic acids is 1. The largest absolute Gasteiger partial charge is 0.354 e. The fourth-order valence-corrected chi connectivity index (χ4v) is 4.18. The SMILES string of the molecule is CC1CCN(C(CNC(=O)Cc2ccccc2F)c2cccs2)CC1. The van der Waals surface area contributed by atoms with E-state index >= 15 is 0 Å². The molecule has 1 fully saturated rings. The molecule has 1 aromatic carbocycles. The number of rotatable bonds is 6. The topological polar surface area (TPSA) is 32.3 Å². The number of halogens is 1. The zero-order valence-corrected chi connectivity index (χ0v) is 15.4. The minimum absolute atomic E-state index is 0.0842. The molecule has 2 aromatic rings. The molecule has 3 rings (SSSR count). The molecule has 25 heavy (non-hydrogen) atoms. The minimum atomic E-state index is -0.322. The highest BCUT2D eigenvalue weighted by Gasteiger charge is 2.25. The Morgan fingerprint density at radius 2 is 2.04 bits per heavy atom. The molecule has 1 N–H and O–H groups in total. The van der Waals surface area contributed by atoms with Gasteiger partial charge in [0.25, 0.3) is 0 Å². The first-order valence-corrected chi connectivity index (χ1v) is 9.79. The van der Waals surface area contributed by atoms with Crippen LogP contribution >= 0.6 is 11.3 Å². The van der Waals surface area contributed by atoms with Crippen LogP contribution in [0.3, 0.4) is 0 Å². The fraction of sp³-hybridized carbons (Fsp3) is 0.450. The highest BCUT2D eigenvalue weighted by molar-refractivity contribution is 7.10. The van der Waals surface area contributed by atoms with E-state index in [-0.39, 0.29) is 24.2 Å². The van der Waals surface area contributed by atoms with Crippen molar-refractivity contribution in [1.82, 2.24) is 10.2 Å². The van der Waals surface area contributed by atoms with Crippen LogP contribution in [0.2, 0.25) is 0 Å². The maximum Gasteiger partial charge on any atom is 0.224 e. The Hall–Kier alpha value is -1.72. The summed E-state index contributed by atoms with van der Waals surface area (Å²) >= 11 is 1.73. The molecule has 1 aromatic heterocycles. The van der Waals surface area contributed by atoms with Crippen molar-refractivity contribution in [2.45, 2.75) is 32.2 Å². The zero-order chi connectivity index (χ0) is 17.6. The number of nitrogens with zero attached hydrogens (tertiary/aromatic N) is 1. The molecule has 0 saturated carbocycles. The standard InChI is InChI=1S/C20H25FN2OS/c1-15-8-10-23(11-9-15)18(19-7-4-12-25-19)14-22-20(24)13-16-5-2-3-6-17(16)21/h2-7,12,15,18H,8-11,13-14H2,1H3,(H,22,24). The van der Waals surface area contributed by atoms with Crippen molar-refractivity contribution in [1.29, 1.82) is 0 Å². The number of likely N-dealkylation sites (tertiary alicyclic amines) is 1. The van der Waals surface area contributed by atoms with E-state index in [0.717, 1.165) is 19.0 Å². The molecule has 0 spiro atoms. The van der Waals surface area contributed by atoms with Gasteiger partial charge in [0.2, 0.25) is 5.91 Å². The number of hydrogen-bond acceptors (Lipinski definition) is 3. The molecule has 5 heteroatoms. The smallest absolute Gasteiger partial charge is 0.224 e. The average molecular weight is 360 g/mol. The van der Waals surface area contributed by atoms with Crippen LogP contribution in [0, 0.1) is 11.7 Å². The predicted octanol–water partition coefficient (Wildman–Crippen LogP) is 4.02. The van der Waals surface area contributed by atoms with Gasteiger partial charge in [-0.15, -0.1) is 11.3 Å². The lowest BCUT2D eigenvalue weighted by molar-refractivity contribution is -0.120. The van der Waals surface area contributed by atoms with E-state index in [0.29, 0.717) is 12.1 Å². The predicted molar refractivity (Wildman–Crippen MR) is 100 cm³/mol. The summed E-state index contributed by atoms with van der Waals surface area (Å²) in [5.41, 5.74) is 0.444. The molecule has 0 radical (unpaired) electrons. The number of amides is 1. The van der Waals surface area contributed by atoms with E-state index < -0.39 is 0 Å². The molecule has 0 aliphatic carbocycles. The molecule has 3 nitrogen and oxygen atoms in total. The van der Waals surface area contributed by atoms with Crippen LogP contribution in [0.25, 0.3) is 0 Å². The van der Waals surface area contributed by atoms with E-state index in [1.165, 1.54) is 23.8 Å². The van der Waals surface area contributed by atoms with Crippen LogP contribution in [0.4, 0.5) is 4.39 Å². The van der Waals surface area contributed by atoms with Gasteiger partial charge in [-0.3, -0.25) is 9.69 Å². The van der Waals surface area contributed by atoms with Crippen LogP contribution in [-0.2, 0) is 11.2 Å². The molecule has 1 amide bonds. The monoisotopic (exact) mass is 360 g/mol. The first-order chi connectivity index (χ1) is 12.1. The lowest BCUT2D eigenvalue weighted by Gasteiger charge is -2.36. The normalized spacial score (nSPS) is 17.4. The number of piperidine rings is 1. The summed E-state index contributed by atoms with van der Waals surface area (Å²) in [6.45, 7) is 5.00. The number of thiophene rings is 1. The first-order valence-electron chi connectivity index (χ1n) is 8.91. The van der Waals surface area contributed by atoms with Crippen molar-refractivity contribution in [3.8, 4) is 0 Å². The summed E-state index contributed by atoms with van der Waals surface area (Å²) in [4.78, 5) is 16.0. The third-order valence-corrected chi connectivity index (χ3v) is 5.91. The minimum Gasteiger partial charge on any atom is -0.354 e. The van der Waals surface area contributed by atoms with Crippen LogP contribution in [0.15, 0.2) is 41.8 Å². The number of nitrogens with one attached hydrogen (secondary N) is 1. The van der Waals surface area contributed by atoms with Gasteiger partial charge in [-0.05, 0) is 54.9 Å². The van der Waals surface area contributed by atoms with Crippen molar-refractivity contribution in [2.24, 2.45) is 5.92 Å². The molecule has 1 aliphatic heterocycles. The Balaban J connectivity index is 1.61. The second-order valence-corrected chi connectivity index (χ2v) is 7.80. The maximum atomic E-state index is 13.7. The summed E-state index contributed by atoms with van der Waals surface area (Å²) in [6, 6.07) is 10.9. The van der Waals surface area contributed by atoms with Crippen LogP contribution in [-0.4, -0.2) is 30.4 Å². The van der Waals surface area contributed by atoms with Crippen molar-refractivity contribution in [3.63, 3.8) is 0 Å². The average Bonchev–Trinajstić information content (AvgIpc) is 3.13. The quantitative estimate of drug-likeness (QED) is 0.844. The first kappa shape index (κ1) is 18.1. The van der Waals surface area contributed by atoms with E-state index in [1.807, 2.05) is 0 Å². The van der Waals surface area contributed by atoms with Gasteiger partial charge in [-0.25, -0.2) is 4.39 Å². The third-order valence-electron chi connectivity index (χ3n) is 4.93. The Labute approximate surface area is 152 Å². The molecule has 2 heterocycles. The lowest BCUT2D eigenvalue weighted by atomic mass is 9.97. The van der Waals surface area contributed by atoms with E-state index in [4.69, 9.17) is 0 Å². The van der Waals surface area contributed by atoms with Crippen molar-refractivity contribution >= 4 is 17.2 Å². The Morgan fingerprint density at radius 1 is 1.28 bits per heavy atom. The van der Waals surface area contributed by atoms with Gasteiger partial charge in [-0.1, -0.05) is 31.2 Å². The molecule has 1 atom stereocenters. The van der Waals surface area contributed by atoms with Gasteiger partial charge in [0.05, 0.1) is 12.5 Å². The molecule has 134 valence electrons. The summed E-state index contributed by atoms with van der Waals surface area (Å²) in [5, 5.41) is 5.09.